The Labute approximate surface area is 194 Å². The van der Waals surface area contributed by atoms with Gasteiger partial charge in [0.1, 0.15) is 11.4 Å². The molecule has 1 aromatic heterocycles. The van der Waals surface area contributed by atoms with Crippen molar-refractivity contribution in [3.05, 3.63) is 71.5 Å². The minimum atomic E-state index is -0.116. The SMILES string of the molecule is CCN(C(=O)c1cc(C)nc(N)n1)[C@H]1CCO[C@@H](c2ccc(-c3ccc(OC)cc3)cc2)C1. The van der Waals surface area contributed by atoms with Gasteiger partial charge < -0.3 is 20.1 Å². The second-order valence-electron chi connectivity index (χ2n) is 8.23. The Morgan fingerprint density at radius 2 is 1.79 bits per heavy atom. The number of aromatic nitrogens is 2. The van der Waals surface area contributed by atoms with E-state index in [2.05, 4.69) is 34.2 Å². The smallest absolute Gasteiger partial charge is 0.272 e. The second-order valence-corrected chi connectivity index (χ2v) is 8.23. The maximum absolute atomic E-state index is 13.2. The third kappa shape index (κ3) is 5.14. The van der Waals surface area contributed by atoms with Gasteiger partial charge >= 0.3 is 0 Å². The zero-order valence-electron chi connectivity index (χ0n) is 19.3. The third-order valence-electron chi connectivity index (χ3n) is 6.10. The highest BCUT2D eigenvalue weighted by Crippen LogP contribution is 2.32. The molecule has 4 rings (SSSR count). The Morgan fingerprint density at radius 1 is 1.12 bits per heavy atom. The molecule has 0 bridgehead atoms. The molecule has 1 saturated heterocycles. The summed E-state index contributed by atoms with van der Waals surface area (Å²) >= 11 is 0. The van der Waals surface area contributed by atoms with Crippen molar-refractivity contribution < 1.29 is 14.3 Å². The van der Waals surface area contributed by atoms with Crippen molar-refractivity contribution in [2.24, 2.45) is 0 Å². The first-order valence-corrected chi connectivity index (χ1v) is 11.3. The van der Waals surface area contributed by atoms with Crippen LogP contribution in [0.25, 0.3) is 11.1 Å². The molecule has 2 atom stereocenters. The Kier molecular flexibility index (Phi) is 6.89. The summed E-state index contributed by atoms with van der Waals surface area (Å²) in [5, 5.41) is 0. The van der Waals surface area contributed by atoms with Crippen molar-refractivity contribution in [2.45, 2.75) is 38.8 Å². The van der Waals surface area contributed by atoms with Gasteiger partial charge in [-0.25, -0.2) is 9.97 Å². The van der Waals surface area contributed by atoms with Crippen LogP contribution in [-0.4, -0.2) is 47.1 Å². The number of nitrogens with zero attached hydrogens (tertiary/aromatic N) is 3. The summed E-state index contributed by atoms with van der Waals surface area (Å²) in [6.07, 6.45) is 1.47. The lowest BCUT2D eigenvalue weighted by molar-refractivity contribution is -0.0232. The molecule has 1 aliphatic heterocycles. The van der Waals surface area contributed by atoms with Gasteiger partial charge in [0.25, 0.3) is 5.91 Å². The van der Waals surface area contributed by atoms with Gasteiger partial charge in [-0.1, -0.05) is 36.4 Å². The number of amides is 1. The molecule has 0 aliphatic carbocycles. The van der Waals surface area contributed by atoms with Crippen molar-refractivity contribution >= 4 is 11.9 Å². The van der Waals surface area contributed by atoms with Crippen LogP contribution in [0.3, 0.4) is 0 Å². The lowest BCUT2D eigenvalue weighted by Crippen LogP contribution is -2.44. The largest absolute Gasteiger partial charge is 0.497 e. The van der Waals surface area contributed by atoms with E-state index in [0.717, 1.165) is 35.3 Å². The fraction of sp³-hybridized carbons (Fsp3) is 0.346. The number of methoxy groups -OCH3 is 1. The Balaban J connectivity index is 1.48. The van der Waals surface area contributed by atoms with E-state index < -0.39 is 0 Å². The van der Waals surface area contributed by atoms with Crippen molar-refractivity contribution in [2.75, 3.05) is 26.0 Å². The number of ether oxygens (including phenoxy) is 2. The first kappa shape index (κ1) is 22.7. The number of nitrogens with two attached hydrogens (primary N) is 1. The lowest BCUT2D eigenvalue weighted by Gasteiger charge is -2.37. The van der Waals surface area contributed by atoms with E-state index in [4.69, 9.17) is 15.2 Å². The molecule has 1 aliphatic rings. The summed E-state index contributed by atoms with van der Waals surface area (Å²) in [6.45, 7) is 4.99. The van der Waals surface area contributed by atoms with Crippen LogP contribution in [0, 0.1) is 6.92 Å². The van der Waals surface area contributed by atoms with Crippen LogP contribution in [0.1, 0.15) is 47.6 Å². The van der Waals surface area contributed by atoms with Gasteiger partial charge in [0.15, 0.2) is 0 Å². The van der Waals surface area contributed by atoms with E-state index in [9.17, 15) is 4.79 Å². The van der Waals surface area contributed by atoms with Crippen LogP contribution in [0.4, 0.5) is 5.95 Å². The van der Waals surface area contributed by atoms with E-state index in [1.807, 2.05) is 43.0 Å². The van der Waals surface area contributed by atoms with Crippen LogP contribution in [-0.2, 0) is 4.74 Å². The first-order valence-electron chi connectivity index (χ1n) is 11.3. The zero-order valence-corrected chi connectivity index (χ0v) is 19.3. The lowest BCUT2D eigenvalue weighted by atomic mass is 9.94. The van der Waals surface area contributed by atoms with E-state index in [1.165, 1.54) is 0 Å². The molecule has 0 unspecified atom stereocenters. The predicted molar refractivity (Wildman–Crippen MR) is 128 cm³/mol. The fourth-order valence-electron chi connectivity index (χ4n) is 4.38. The zero-order chi connectivity index (χ0) is 23.4. The van der Waals surface area contributed by atoms with E-state index >= 15 is 0 Å². The Morgan fingerprint density at radius 3 is 2.39 bits per heavy atom. The summed E-state index contributed by atoms with van der Waals surface area (Å²) in [5.74, 6) is 0.846. The molecule has 3 aromatic rings. The van der Waals surface area contributed by atoms with Gasteiger partial charge in [-0.2, -0.15) is 0 Å². The summed E-state index contributed by atoms with van der Waals surface area (Å²) in [7, 11) is 1.67. The number of aryl methyl sites for hydroxylation is 1. The Hall–Kier alpha value is -3.45. The topological polar surface area (TPSA) is 90.6 Å². The van der Waals surface area contributed by atoms with Crippen molar-refractivity contribution in [1.29, 1.82) is 0 Å². The van der Waals surface area contributed by atoms with Crippen molar-refractivity contribution in [3.8, 4) is 16.9 Å². The van der Waals surface area contributed by atoms with E-state index in [-0.39, 0.29) is 24.0 Å². The van der Waals surface area contributed by atoms with E-state index in [0.29, 0.717) is 24.5 Å². The molecule has 1 fully saturated rings. The van der Waals surface area contributed by atoms with Crippen molar-refractivity contribution in [1.82, 2.24) is 14.9 Å². The predicted octanol–water partition coefficient (Wildman–Crippen LogP) is 4.43. The number of hydrogen-bond donors (Lipinski definition) is 1. The highest BCUT2D eigenvalue weighted by molar-refractivity contribution is 5.92. The number of carbonyl (C=O) groups is 1. The van der Waals surface area contributed by atoms with Gasteiger partial charge in [0.2, 0.25) is 5.95 Å². The highest BCUT2D eigenvalue weighted by atomic mass is 16.5. The van der Waals surface area contributed by atoms with Crippen LogP contribution in [0.15, 0.2) is 54.6 Å². The van der Waals surface area contributed by atoms with Gasteiger partial charge in [0, 0.05) is 24.9 Å². The summed E-state index contributed by atoms with van der Waals surface area (Å²) < 4.78 is 11.3. The highest BCUT2D eigenvalue weighted by Gasteiger charge is 2.31. The van der Waals surface area contributed by atoms with Crippen LogP contribution < -0.4 is 10.5 Å². The summed E-state index contributed by atoms with van der Waals surface area (Å²) in [5.41, 5.74) is 10.2. The molecular weight excluding hydrogens is 416 g/mol. The van der Waals surface area contributed by atoms with Gasteiger partial charge in [-0.15, -0.1) is 0 Å². The van der Waals surface area contributed by atoms with Crippen LogP contribution in [0.5, 0.6) is 5.75 Å². The maximum atomic E-state index is 13.2. The fourth-order valence-corrected chi connectivity index (χ4v) is 4.38. The van der Waals surface area contributed by atoms with Crippen LogP contribution >= 0.6 is 0 Å². The standard InChI is InChI=1S/C26H30N4O3/c1-4-30(25(31)23-15-17(2)28-26(27)29-23)21-13-14-33-24(16-21)20-7-5-18(6-8-20)19-9-11-22(32-3)12-10-19/h5-12,15,21,24H,4,13-14,16H2,1-3H3,(H2,27,28,29)/t21-,24+/m0/s1. The average molecular weight is 447 g/mol. The number of nitrogen functional groups attached to an aromatic ring is 1. The average Bonchev–Trinajstić information content (AvgIpc) is 2.84. The van der Waals surface area contributed by atoms with Gasteiger partial charge in [-0.3, -0.25) is 4.79 Å². The molecule has 2 N–H and O–H groups in total. The molecule has 1 amide bonds. The normalized spacial score (nSPS) is 18.0. The molecule has 0 radical (unpaired) electrons. The molecular formula is C26H30N4O3. The quantitative estimate of drug-likeness (QED) is 0.603. The number of anilines is 1. The summed E-state index contributed by atoms with van der Waals surface area (Å²) in [4.78, 5) is 23.3. The molecule has 33 heavy (non-hydrogen) atoms. The number of carbonyl (C=O) groups excluding carboxylic acids is 1. The first-order chi connectivity index (χ1) is 16.0. The molecule has 2 aromatic carbocycles. The number of hydrogen-bond acceptors (Lipinski definition) is 6. The van der Waals surface area contributed by atoms with Gasteiger partial charge in [-0.05, 0) is 61.6 Å². The second kappa shape index (κ2) is 10.0. The van der Waals surface area contributed by atoms with Crippen LogP contribution in [0.2, 0.25) is 0 Å². The molecule has 7 heteroatoms. The van der Waals surface area contributed by atoms with Gasteiger partial charge in [0.05, 0.1) is 13.2 Å². The van der Waals surface area contributed by atoms with E-state index in [1.54, 1.807) is 13.2 Å². The number of rotatable bonds is 6. The maximum Gasteiger partial charge on any atom is 0.272 e. The molecule has 0 saturated carbocycles. The van der Waals surface area contributed by atoms with Crippen molar-refractivity contribution in [3.63, 3.8) is 0 Å². The number of benzene rings is 2. The molecule has 7 nitrogen and oxygen atoms in total. The minimum Gasteiger partial charge on any atom is -0.497 e. The summed E-state index contributed by atoms with van der Waals surface area (Å²) in [6, 6.07) is 18.2. The Bertz CT molecular complexity index is 1080. The molecule has 2 heterocycles. The minimum absolute atomic E-state index is 0.0623. The molecule has 172 valence electrons. The third-order valence-corrected chi connectivity index (χ3v) is 6.10. The monoisotopic (exact) mass is 446 g/mol. The molecule has 0 spiro atoms.